The molecule has 0 saturated carbocycles. The second kappa shape index (κ2) is 7.64. The highest BCUT2D eigenvalue weighted by Crippen LogP contribution is 2.12. The third-order valence-electron chi connectivity index (χ3n) is 3.11. The molecule has 0 unspecified atom stereocenters. The number of benzene rings is 1. The molecule has 1 aliphatic rings. The SMILES string of the molecule is CCCOC(=O)c1ccc(NC(=O)N2CCOCC2)cc1. The van der Waals surface area contributed by atoms with Gasteiger partial charge in [0.1, 0.15) is 0 Å². The Morgan fingerprint density at radius 1 is 1.24 bits per heavy atom. The summed E-state index contributed by atoms with van der Waals surface area (Å²) in [5, 5.41) is 2.80. The van der Waals surface area contributed by atoms with Crippen LogP contribution in [0.3, 0.4) is 0 Å². The molecule has 0 atom stereocenters. The summed E-state index contributed by atoms with van der Waals surface area (Å²) in [6, 6.07) is 6.53. The van der Waals surface area contributed by atoms with Crippen molar-refractivity contribution in [3.8, 4) is 0 Å². The van der Waals surface area contributed by atoms with Gasteiger partial charge in [0, 0.05) is 18.8 Å². The maximum absolute atomic E-state index is 12.0. The Labute approximate surface area is 124 Å². The first-order chi connectivity index (χ1) is 10.2. The summed E-state index contributed by atoms with van der Waals surface area (Å²) in [5.74, 6) is -0.345. The van der Waals surface area contributed by atoms with Crippen molar-refractivity contribution in [2.75, 3.05) is 38.2 Å². The third-order valence-corrected chi connectivity index (χ3v) is 3.11. The molecule has 1 N–H and O–H groups in total. The molecule has 1 aromatic carbocycles. The number of rotatable bonds is 4. The van der Waals surface area contributed by atoms with E-state index in [2.05, 4.69) is 5.32 Å². The van der Waals surface area contributed by atoms with Crippen LogP contribution < -0.4 is 5.32 Å². The monoisotopic (exact) mass is 292 g/mol. The minimum Gasteiger partial charge on any atom is -0.462 e. The van der Waals surface area contributed by atoms with Crippen molar-refractivity contribution >= 4 is 17.7 Å². The van der Waals surface area contributed by atoms with Crippen LogP contribution in [0.2, 0.25) is 0 Å². The molecular weight excluding hydrogens is 272 g/mol. The maximum atomic E-state index is 12.0. The van der Waals surface area contributed by atoms with Crippen LogP contribution in [-0.4, -0.2) is 49.8 Å². The Morgan fingerprint density at radius 3 is 2.52 bits per heavy atom. The molecule has 2 rings (SSSR count). The molecule has 1 fully saturated rings. The van der Waals surface area contributed by atoms with E-state index in [1.807, 2.05) is 6.92 Å². The highest BCUT2D eigenvalue weighted by molar-refractivity contribution is 5.92. The Hall–Kier alpha value is -2.08. The summed E-state index contributed by atoms with van der Waals surface area (Å²) in [7, 11) is 0. The zero-order valence-corrected chi connectivity index (χ0v) is 12.1. The normalized spacial score (nSPS) is 14.6. The van der Waals surface area contributed by atoms with Crippen LogP contribution in [0.4, 0.5) is 10.5 Å². The molecule has 2 amide bonds. The van der Waals surface area contributed by atoms with E-state index in [1.54, 1.807) is 29.2 Å². The fraction of sp³-hybridized carbons (Fsp3) is 0.467. The van der Waals surface area contributed by atoms with Gasteiger partial charge in [-0.15, -0.1) is 0 Å². The van der Waals surface area contributed by atoms with Crippen LogP contribution in [0.1, 0.15) is 23.7 Å². The number of hydrogen-bond donors (Lipinski definition) is 1. The molecule has 0 aromatic heterocycles. The van der Waals surface area contributed by atoms with E-state index in [9.17, 15) is 9.59 Å². The predicted molar refractivity (Wildman–Crippen MR) is 78.4 cm³/mol. The van der Waals surface area contributed by atoms with Gasteiger partial charge >= 0.3 is 12.0 Å². The van der Waals surface area contributed by atoms with Crippen molar-refractivity contribution in [3.63, 3.8) is 0 Å². The Bertz CT molecular complexity index is 481. The maximum Gasteiger partial charge on any atom is 0.338 e. The standard InChI is InChI=1S/C15H20N2O4/c1-2-9-21-14(18)12-3-5-13(6-4-12)16-15(19)17-7-10-20-11-8-17/h3-6H,2,7-11H2,1H3,(H,16,19). The van der Waals surface area contributed by atoms with Crippen LogP contribution >= 0.6 is 0 Å². The molecule has 1 heterocycles. The van der Waals surface area contributed by atoms with Gasteiger partial charge in [0.15, 0.2) is 0 Å². The van der Waals surface area contributed by atoms with E-state index in [0.29, 0.717) is 44.2 Å². The van der Waals surface area contributed by atoms with Gasteiger partial charge in [-0.25, -0.2) is 9.59 Å². The lowest BCUT2D eigenvalue weighted by atomic mass is 10.2. The lowest BCUT2D eigenvalue weighted by Crippen LogP contribution is -2.43. The minimum absolute atomic E-state index is 0.153. The van der Waals surface area contributed by atoms with Crippen LogP contribution in [0, 0.1) is 0 Å². The quantitative estimate of drug-likeness (QED) is 0.863. The molecule has 0 radical (unpaired) electrons. The van der Waals surface area contributed by atoms with E-state index in [1.165, 1.54) is 0 Å². The van der Waals surface area contributed by atoms with Gasteiger partial charge in [-0.2, -0.15) is 0 Å². The number of ether oxygens (including phenoxy) is 2. The molecule has 1 aliphatic heterocycles. The van der Waals surface area contributed by atoms with Gasteiger partial charge in [-0.1, -0.05) is 6.92 Å². The van der Waals surface area contributed by atoms with E-state index in [-0.39, 0.29) is 12.0 Å². The lowest BCUT2D eigenvalue weighted by molar-refractivity contribution is 0.0505. The van der Waals surface area contributed by atoms with Crippen LogP contribution in [-0.2, 0) is 9.47 Å². The molecule has 0 spiro atoms. The zero-order valence-electron chi connectivity index (χ0n) is 12.1. The molecule has 6 heteroatoms. The van der Waals surface area contributed by atoms with E-state index >= 15 is 0 Å². The fourth-order valence-electron chi connectivity index (χ4n) is 1.94. The molecule has 6 nitrogen and oxygen atoms in total. The number of anilines is 1. The number of carbonyl (C=O) groups is 2. The van der Waals surface area contributed by atoms with E-state index in [0.717, 1.165) is 6.42 Å². The van der Waals surface area contributed by atoms with Crippen molar-refractivity contribution in [1.82, 2.24) is 4.90 Å². The van der Waals surface area contributed by atoms with Gasteiger partial charge in [0.05, 0.1) is 25.4 Å². The Balaban J connectivity index is 1.89. The fourth-order valence-corrected chi connectivity index (χ4v) is 1.94. The smallest absolute Gasteiger partial charge is 0.338 e. The van der Waals surface area contributed by atoms with Crippen LogP contribution in [0.15, 0.2) is 24.3 Å². The van der Waals surface area contributed by atoms with E-state index in [4.69, 9.17) is 9.47 Å². The number of nitrogens with one attached hydrogen (secondary N) is 1. The highest BCUT2D eigenvalue weighted by Gasteiger charge is 2.16. The van der Waals surface area contributed by atoms with Gasteiger partial charge in [0.25, 0.3) is 0 Å². The Morgan fingerprint density at radius 2 is 1.90 bits per heavy atom. The summed E-state index contributed by atoms with van der Waals surface area (Å²) in [4.78, 5) is 25.3. The topological polar surface area (TPSA) is 67.9 Å². The van der Waals surface area contributed by atoms with Gasteiger partial charge in [-0.3, -0.25) is 0 Å². The largest absolute Gasteiger partial charge is 0.462 e. The number of morpholine rings is 1. The van der Waals surface area contributed by atoms with Crippen LogP contribution in [0.5, 0.6) is 0 Å². The van der Waals surface area contributed by atoms with Crippen molar-refractivity contribution in [1.29, 1.82) is 0 Å². The van der Waals surface area contributed by atoms with Crippen molar-refractivity contribution in [2.24, 2.45) is 0 Å². The number of hydrogen-bond acceptors (Lipinski definition) is 4. The summed E-state index contributed by atoms with van der Waals surface area (Å²) in [6.45, 7) is 4.66. The molecule has 21 heavy (non-hydrogen) atoms. The first-order valence-corrected chi connectivity index (χ1v) is 7.11. The first kappa shape index (κ1) is 15.3. The average Bonchev–Trinajstić information content (AvgIpc) is 2.54. The van der Waals surface area contributed by atoms with Crippen molar-refractivity contribution < 1.29 is 19.1 Å². The minimum atomic E-state index is -0.345. The number of urea groups is 1. The predicted octanol–water partition coefficient (Wildman–Crippen LogP) is 2.12. The molecule has 0 aliphatic carbocycles. The third kappa shape index (κ3) is 4.46. The second-order valence-electron chi connectivity index (χ2n) is 4.74. The number of nitrogens with zero attached hydrogens (tertiary/aromatic N) is 1. The first-order valence-electron chi connectivity index (χ1n) is 7.11. The lowest BCUT2D eigenvalue weighted by Gasteiger charge is -2.26. The summed E-state index contributed by atoms with van der Waals surface area (Å²) >= 11 is 0. The van der Waals surface area contributed by atoms with Crippen molar-refractivity contribution in [3.05, 3.63) is 29.8 Å². The van der Waals surface area contributed by atoms with Gasteiger partial charge < -0.3 is 19.7 Å². The summed E-state index contributed by atoms with van der Waals surface area (Å²) in [6.07, 6.45) is 0.791. The molecule has 1 aromatic rings. The van der Waals surface area contributed by atoms with Crippen molar-refractivity contribution in [2.45, 2.75) is 13.3 Å². The van der Waals surface area contributed by atoms with Gasteiger partial charge in [-0.05, 0) is 30.7 Å². The van der Waals surface area contributed by atoms with E-state index < -0.39 is 0 Å². The molecule has 0 bridgehead atoms. The second-order valence-corrected chi connectivity index (χ2v) is 4.74. The highest BCUT2D eigenvalue weighted by atomic mass is 16.5. The zero-order chi connectivity index (χ0) is 15.1. The van der Waals surface area contributed by atoms with Crippen LogP contribution in [0.25, 0.3) is 0 Å². The molecule has 114 valence electrons. The average molecular weight is 292 g/mol. The number of amides is 2. The summed E-state index contributed by atoms with van der Waals surface area (Å²) < 4.78 is 10.2. The molecule has 1 saturated heterocycles. The van der Waals surface area contributed by atoms with Gasteiger partial charge in [0.2, 0.25) is 0 Å². The number of esters is 1. The Kier molecular flexibility index (Phi) is 5.57. The summed E-state index contributed by atoms with van der Waals surface area (Å²) in [5.41, 5.74) is 1.13. The number of carbonyl (C=O) groups excluding carboxylic acids is 2. The molecular formula is C15H20N2O4.